The van der Waals surface area contributed by atoms with Crippen LogP contribution in [0.4, 0.5) is 0 Å². The van der Waals surface area contributed by atoms with Gasteiger partial charge in [0.05, 0.1) is 0 Å². The van der Waals surface area contributed by atoms with E-state index in [9.17, 15) is 0 Å². The molecule has 7 heteroatoms. The average molecular weight is 530 g/mol. The third-order valence-corrected chi connectivity index (χ3v) is 0. The Labute approximate surface area is 83.0 Å². The minimum atomic E-state index is -5.75. The maximum absolute atomic E-state index is 8.59. The van der Waals surface area contributed by atoms with Crippen molar-refractivity contribution in [3.63, 3.8) is 0 Å². The largest absolute Gasteiger partial charge is 1.00 e. The van der Waals surface area contributed by atoms with Gasteiger partial charge in [-0.2, -0.15) is 0 Å². The van der Waals surface area contributed by atoms with Crippen molar-refractivity contribution >= 4 is 54.6 Å². The van der Waals surface area contributed by atoms with Crippen LogP contribution in [0.15, 0.2) is 0 Å². The molecule has 0 atom stereocenters. The molecular weight excluding hydrogens is 530 g/mol. The molecule has 0 rings (SSSR count). The molecule has 7 heavy (non-hydrogen) atoms. The van der Waals surface area contributed by atoms with Crippen LogP contribution in [-0.4, -0.2) is 54.6 Å². The van der Waals surface area contributed by atoms with Crippen molar-refractivity contribution in [3.8, 4) is 0 Å². The molecule has 0 saturated heterocycles. The van der Waals surface area contributed by atoms with Gasteiger partial charge in [-0.25, -0.2) is 0 Å². The second kappa shape index (κ2) is 6.02. The second-order valence-corrected chi connectivity index (χ2v) is 1.68. The predicted octanol–water partition coefficient (Wildman–Crippen LogP) is -3.38. The molecule has 0 aromatic heterocycles. The molecule has 0 N–H and O–H groups in total. The fourth-order valence-corrected chi connectivity index (χ4v) is 0. The minimum Gasteiger partial charge on any atom is 1.00 e. The molecule has 0 aliphatic heterocycles. The topological polar surface area (TPSA) is 80.3 Å². The van der Waals surface area contributed by atoms with Gasteiger partial charge in [-0.3, -0.25) is 0 Å². The first-order valence-electron chi connectivity index (χ1n) is 0.667. The van der Waals surface area contributed by atoms with Crippen LogP contribution in [0.3, 0.4) is 0 Å². The first-order chi connectivity index (χ1) is 2.00. The van der Waals surface area contributed by atoms with E-state index < -0.39 is 13.6 Å². The fourth-order valence-electron chi connectivity index (χ4n) is 0. The maximum Gasteiger partial charge on any atom is 1.00 e. The van der Waals surface area contributed by atoms with Gasteiger partial charge in [0.1, 0.15) is 0 Å². The Morgan fingerprint density at radius 2 is 1.00 bits per heavy atom. The van der Waals surface area contributed by atoms with E-state index in [0.717, 1.165) is 0 Å². The van der Waals surface area contributed by atoms with Crippen LogP contribution in [0.25, 0.3) is 0 Å². The van der Waals surface area contributed by atoms with Gasteiger partial charge in [-0.1, -0.05) is 0 Å². The Kier molecular flexibility index (Phi) is 13.7. The van der Waals surface area contributed by atoms with Gasteiger partial charge >= 0.3 is 84.1 Å². The van der Waals surface area contributed by atoms with Crippen LogP contribution in [-0.2, 0) is 21.2 Å². The zero-order valence-corrected chi connectivity index (χ0v) is 12.1. The Bertz CT molecular complexity index is 92.9. The molecule has 38 valence electrons. The first kappa shape index (κ1) is 16.0. The zero-order valence-electron chi connectivity index (χ0n) is 3.04. The molecule has 0 unspecified atom stereocenters. The number of hydrogen-bond donors (Lipinski definition) is 0. The summed E-state index contributed by atoms with van der Waals surface area (Å²) in [6.07, 6.45) is 0. The van der Waals surface area contributed by atoms with Gasteiger partial charge in [0.15, 0.2) is 0 Å². The number of hydrogen-bond acceptors (Lipinski definition) is 4. The summed E-state index contributed by atoms with van der Waals surface area (Å²) in [5.74, 6) is 0. The zero-order chi connectivity index (χ0) is 4.50. The molecular formula is CrO4Pb2. The van der Waals surface area contributed by atoms with Crippen molar-refractivity contribution in [1.82, 2.24) is 0 Å². The molecule has 0 saturated carbocycles. The molecule has 0 aliphatic carbocycles. The number of rotatable bonds is 0. The summed E-state index contributed by atoms with van der Waals surface area (Å²) < 4.78 is 34.4. The molecule has 0 aromatic carbocycles. The van der Waals surface area contributed by atoms with Gasteiger partial charge in [0.25, 0.3) is 0 Å². The average Bonchev–Trinajstić information content (AvgIpc) is 0.722. The van der Waals surface area contributed by atoms with Gasteiger partial charge in [0, 0.05) is 0 Å². The summed E-state index contributed by atoms with van der Waals surface area (Å²) in [6, 6.07) is 0. The van der Waals surface area contributed by atoms with Crippen molar-refractivity contribution in [2.24, 2.45) is 0 Å². The van der Waals surface area contributed by atoms with Crippen LogP contribution < -0.4 is 8.32 Å². The van der Waals surface area contributed by atoms with E-state index in [0.29, 0.717) is 0 Å². The van der Waals surface area contributed by atoms with E-state index >= 15 is 0 Å². The van der Waals surface area contributed by atoms with Crippen LogP contribution in [0, 0.1) is 0 Å². The van der Waals surface area contributed by atoms with Crippen molar-refractivity contribution < 1.29 is 29.5 Å². The van der Waals surface area contributed by atoms with Gasteiger partial charge in [-0.15, -0.1) is 0 Å². The Hall–Kier alpha value is 1.90. The van der Waals surface area contributed by atoms with Crippen molar-refractivity contribution in [1.29, 1.82) is 0 Å². The van der Waals surface area contributed by atoms with Gasteiger partial charge in [-0.05, 0) is 0 Å². The Morgan fingerprint density at radius 1 is 1.00 bits per heavy atom. The summed E-state index contributed by atoms with van der Waals surface area (Å²) in [6.45, 7) is 0. The SMILES string of the molecule is [O]=[Cr](=[O])([O-])[O-].[Pb+].[Pb+]. The molecule has 0 fully saturated rings. The molecule has 0 heterocycles. The smallest absolute Gasteiger partial charge is 1.00 e. The van der Waals surface area contributed by atoms with E-state index in [1.165, 1.54) is 0 Å². The fraction of sp³-hybridized carbons (Fsp3) is 0. The molecule has 0 aliphatic rings. The van der Waals surface area contributed by atoms with Gasteiger partial charge in [0.2, 0.25) is 0 Å². The molecule has 0 amide bonds. The van der Waals surface area contributed by atoms with Crippen molar-refractivity contribution in [3.05, 3.63) is 0 Å². The van der Waals surface area contributed by atoms with Crippen LogP contribution in [0.2, 0.25) is 0 Å². The van der Waals surface area contributed by atoms with Gasteiger partial charge < -0.3 is 0 Å². The molecule has 0 bridgehead atoms. The summed E-state index contributed by atoms with van der Waals surface area (Å²) in [7, 11) is 0. The maximum atomic E-state index is 8.59. The Morgan fingerprint density at radius 3 is 1.00 bits per heavy atom. The first-order valence-corrected chi connectivity index (χ1v) is 2.75. The van der Waals surface area contributed by atoms with Crippen LogP contribution in [0.5, 0.6) is 0 Å². The van der Waals surface area contributed by atoms with Crippen LogP contribution in [0.1, 0.15) is 0 Å². The monoisotopic (exact) mass is 532 g/mol. The summed E-state index contributed by atoms with van der Waals surface area (Å²) in [5, 5.41) is 0. The van der Waals surface area contributed by atoms with Crippen molar-refractivity contribution in [2.75, 3.05) is 0 Å². The quantitative estimate of drug-likeness (QED) is 0.307. The van der Waals surface area contributed by atoms with Crippen LogP contribution >= 0.6 is 0 Å². The molecule has 6 radical (unpaired) electrons. The predicted molar refractivity (Wildman–Crippen MR) is 12.9 cm³/mol. The third-order valence-electron chi connectivity index (χ3n) is 0. The van der Waals surface area contributed by atoms with E-state index in [-0.39, 0.29) is 54.6 Å². The standard InChI is InChI=1S/Cr.4O.2Pb/q;;;2*-1;2*+1. The second-order valence-electron chi connectivity index (χ2n) is 0.408. The van der Waals surface area contributed by atoms with Crippen molar-refractivity contribution in [2.45, 2.75) is 0 Å². The molecule has 4 nitrogen and oxygen atoms in total. The summed E-state index contributed by atoms with van der Waals surface area (Å²) >= 11 is -5.75. The van der Waals surface area contributed by atoms with E-state index in [1.807, 2.05) is 0 Å². The normalized spacial score (nSPS) is 8.29. The third kappa shape index (κ3) is 76.3. The molecule has 0 aromatic rings. The van der Waals surface area contributed by atoms with E-state index in [2.05, 4.69) is 0 Å². The van der Waals surface area contributed by atoms with E-state index in [4.69, 9.17) is 15.9 Å². The summed E-state index contributed by atoms with van der Waals surface area (Å²) in [5.41, 5.74) is 0. The van der Waals surface area contributed by atoms with E-state index in [1.54, 1.807) is 0 Å². The summed E-state index contributed by atoms with van der Waals surface area (Å²) in [4.78, 5) is 0. The Balaban J connectivity index is -0.0000000800. The molecule has 0 spiro atoms. The minimum absolute atomic E-state index is 0.